The molecule has 2 heterocycles. The summed E-state index contributed by atoms with van der Waals surface area (Å²) in [4.78, 5) is 1.08. The number of thiophene rings is 2. The van der Waals surface area contributed by atoms with E-state index >= 15 is 0 Å². The Morgan fingerprint density at radius 3 is 2.83 bits per heavy atom. The standard InChI is InChI=1S/C14H13NOS2/c1-16-11-6-7-17-14(11)13(15)10-8-18-12-5-3-2-4-9(10)12/h2-8,13H,15H2,1H3. The highest BCUT2D eigenvalue weighted by atomic mass is 32.1. The summed E-state index contributed by atoms with van der Waals surface area (Å²) in [6.07, 6.45) is 0. The minimum atomic E-state index is -0.115. The first-order chi connectivity index (χ1) is 8.81. The summed E-state index contributed by atoms with van der Waals surface area (Å²) in [6, 6.07) is 10.2. The third kappa shape index (κ3) is 1.82. The van der Waals surface area contributed by atoms with Gasteiger partial charge in [0.25, 0.3) is 0 Å². The SMILES string of the molecule is COc1ccsc1C(N)c1csc2ccccc12. The van der Waals surface area contributed by atoms with Gasteiger partial charge in [-0.05, 0) is 33.8 Å². The molecule has 0 spiro atoms. The van der Waals surface area contributed by atoms with Crippen molar-refractivity contribution in [2.75, 3.05) is 7.11 Å². The molecule has 2 N–H and O–H groups in total. The van der Waals surface area contributed by atoms with E-state index in [0.717, 1.165) is 10.6 Å². The molecule has 18 heavy (non-hydrogen) atoms. The summed E-state index contributed by atoms with van der Waals surface area (Å²) in [6.45, 7) is 0. The third-order valence-electron chi connectivity index (χ3n) is 3.01. The molecule has 0 fully saturated rings. The first kappa shape index (κ1) is 11.7. The monoisotopic (exact) mass is 275 g/mol. The first-order valence-electron chi connectivity index (χ1n) is 5.64. The Bertz CT molecular complexity index is 671. The molecule has 1 atom stereocenters. The van der Waals surface area contributed by atoms with Gasteiger partial charge in [-0.1, -0.05) is 18.2 Å². The molecule has 1 unspecified atom stereocenters. The van der Waals surface area contributed by atoms with Gasteiger partial charge in [-0.25, -0.2) is 0 Å². The molecule has 0 bridgehead atoms. The Labute approximate surface area is 114 Å². The van der Waals surface area contributed by atoms with Crippen molar-refractivity contribution < 1.29 is 4.74 Å². The van der Waals surface area contributed by atoms with Crippen LogP contribution in [0.1, 0.15) is 16.5 Å². The van der Waals surface area contributed by atoms with Crippen LogP contribution in [0.4, 0.5) is 0 Å². The van der Waals surface area contributed by atoms with Crippen LogP contribution >= 0.6 is 22.7 Å². The van der Waals surface area contributed by atoms with Gasteiger partial charge in [-0.2, -0.15) is 0 Å². The van der Waals surface area contributed by atoms with Crippen LogP contribution in [0.25, 0.3) is 10.1 Å². The molecule has 2 aromatic heterocycles. The number of benzene rings is 1. The lowest BCUT2D eigenvalue weighted by Crippen LogP contribution is -2.10. The smallest absolute Gasteiger partial charge is 0.134 e. The minimum Gasteiger partial charge on any atom is -0.496 e. The second-order valence-corrected chi connectivity index (χ2v) is 5.88. The molecule has 0 saturated heterocycles. The van der Waals surface area contributed by atoms with E-state index in [1.807, 2.05) is 11.4 Å². The van der Waals surface area contributed by atoms with E-state index in [1.54, 1.807) is 29.8 Å². The molecule has 0 amide bonds. The van der Waals surface area contributed by atoms with Gasteiger partial charge in [-0.3, -0.25) is 0 Å². The fourth-order valence-electron chi connectivity index (χ4n) is 2.08. The lowest BCUT2D eigenvalue weighted by molar-refractivity contribution is 0.411. The Balaban J connectivity index is 2.09. The lowest BCUT2D eigenvalue weighted by atomic mass is 10.1. The fraction of sp³-hybridized carbons (Fsp3) is 0.143. The van der Waals surface area contributed by atoms with Crippen molar-refractivity contribution in [3.05, 3.63) is 51.5 Å². The van der Waals surface area contributed by atoms with Crippen molar-refractivity contribution in [2.45, 2.75) is 6.04 Å². The van der Waals surface area contributed by atoms with Crippen molar-refractivity contribution in [1.29, 1.82) is 0 Å². The van der Waals surface area contributed by atoms with Crippen LogP contribution in [-0.4, -0.2) is 7.11 Å². The predicted octanol–water partition coefficient (Wildman–Crippen LogP) is 4.02. The van der Waals surface area contributed by atoms with Gasteiger partial charge in [0.1, 0.15) is 5.75 Å². The van der Waals surface area contributed by atoms with Gasteiger partial charge < -0.3 is 10.5 Å². The number of nitrogens with two attached hydrogens (primary N) is 1. The van der Waals surface area contributed by atoms with Gasteiger partial charge >= 0.3 is 0 Å². The largest absolute Gasteiger partial charge is 0.496 e. The lowest BCUT2D eigenvalue weighted by Gasteiger charge is -2.11. The number of rotatable bonds is 3. The minimum absolute atomic E-state index is 0.115. The van der Waals surface area contributed by atoms with Crippen molar-refractivity contribution in [2.24, 2.45) is 5.73 Å². The van der Waals surface area contributed by atoms with Gasteiger partial charge in [0.05, 0.1) is 18.0 Å². The average molecular weight is 275 g/mol. The quantitative estimate of drug-likeness (QED) is 0.783. The zero-order chi connectivity index (χ0) is 12.5. The highest BCUT2D eigenvalue weighted by Crippen LogP contribution is 2.37. The maximum Gasteiger partial charge on any atom is 0.134 e. The maximum absolute atomic E-state index is 6.38. The van der Waals surface area contributed by atoms with Crippen LogP contribution < -0.4 is 10.5 Å². The first-order valence-corrected chi connectivity index (χ1v) is 7.40. The fourth-order valence-corrected chi connectivity index (χ4v) is 3.96. The van der Waals surface area contributed by atoms with Crippen LogP contribution in [0.2, 0.25) is 0 Å². The molecule has 0 aliphatic rings. The molecular formula is C14H13NOS2. The molecular weight excluding hydrogens is 262 g/mol. The zero-order valence-electron chi connectivity index (χ0n) is 9.92. The predicted molar refractivity (Wildman–Crippen MR) is 78.7 cm³/mol. The van der Waals surface area contributed by atoms with Gasteiger partial charge in [0.15, 0.2) is 0 Å². The molecule has 2 nitrogen and oxygen atoms in total. The number of methoxy groups -OCH3 is 1. The summed E-state index contributed by atoms with van der Waals surface area (Å²) in [7, 11) is 1.68. The summed E-state index contributed by atoms with van der Waals surface area (Å²) < 4.78 is 6.63. The molecule has 0 saturated carbocycles. The van der Waals surface area contributed by atoms with E-state index in [2.05, 4.69) is 29.6 Å². The highest BCUT2D eigenvalue weighted by molar-refractivity contribution is 7.17. The van der Waals surface area contributed by atoms with Crippen molar-refractivity contribution >= 4 is 32.8 Å². The van der Waals surface area contributed by atoms with Crippen molar-refractivity contribution in [3.63, 3.8) is 0 Å². The Hall–Kier alpha value is -1.36. The molecule has 0 aliphatic carbocycles. The van der Waals surface area contributed by atoms with E-state index in [-0.39, 0.29) is 6.04 Å². The number of ether oxygens (including phenoxy) is 1. The second kappa shape index (κ2) is 4.72. The molecule has 1 aromatic carbocycles. The van der Waals surface area contributed by atoms with Crippen molar-refractivity contribution in [3.8, 4) is 5.75 Å². The molecule has 3 aromatic rings. The topological polar surface area (TPSA) is 35.2 Å². The van der Waals surface area contributed by atoms with Gasteiger partial charge in [-0.15, -0.1) is 22.7 Å². The average Bonchev–Trinajstić information content (AvgIpc) is 3.04. The van der Waals surface area contributed by atoms with E-state index in [1.165, 1.54) is 15.6 Å². The number of fused-ring (bicyclic) bond motifs is 1. The van der Waals surface area contributed by atoms with Crippen LogP contribution in [0.5, 0.6) is 5.75 Å². The van der Waals surface area contributed by atoms with Gasteiger partial charge in [0.2, 0.25) is 0 Å². The van der Waals surface area contributed by atoms with Crippen molar-refractivity contribution in [1.82, 2.24) is 0 Å². The summed E-state index contributed by atoms with van der Waals surface area (Å²) in [5.41, 5.74) is 7.56. The van der Waals surface area contributed by atoms with E-state index < -0.39 is 0 Å². The number of hydrogen-bond acceptors (Lipinski definition) is 4. The van der Waals surface area contributed by atoms with Crippen LogP contribution in [0, 0.1) is 0 Å². The Morgan fingerprint density at radius 1 is 1.17 bits per heavy atom. The maximum atomic E-state index is 6.38. The third-order valence-corrected chi connectivity index (χ3v) is 4.97. The normalized spacial score (nSPS) is 12.8. The Morgan fingerprint density at radius 2 is 2.00 bits per heavy atom. The Kier molecular flexibility index (Phi) is 3.07. The molecule has 0 radical (unpaired) electrons. The summed E-state index contributed by atoms with van der Waals surface area (Å²) in [5.74, 6) is 0.878. The zero-order valence-corrected chi connectivity index (χ0v) is 11.6. The second-order valence-electron chi connectivity index (χ2n) is 4.02. The van der Waals surface area contributed by atoms with E-state index in [4.69, 9.17) is 10.5 Å². The molecule has 92 valence electrons. The van der Waals surface area contributed by atoms with Crippen LogP contribution in [-0.2, 0) is 0 Å². The highest BCUT2D eigenvalue weighted by Gasteiger charge is 2.18. The number of hydrogen-bond donors (Lipinski definition) is 1. The molecule has 3 rings (SSSR count). The molecule has 4 heteroatoms. The van der Waals surface area contributed by atoms with Crippen LogP contribution in [0.15, 0.2) is 41.1 Å². The van der Waals surface area contributed by atoms with Gasteiger partial charge in [0, 0.05) is 4.70 Å². The van der Waals surface area contributed by atoms with Crippen LogP contribution in [0.3, 0.4) is 0 Å². The van der Waals surface area contributed by atoms with E-state index in [9.17, 15) is 0 Å². The molecule has 0 aliphatic heterocycles. The van der Waals surface area contributed by atoms with E-state index in [0.29, 0.717) is 0 Å². The summed E-state index contributed by atoms with van der Waals surface area (Å²) in [5, 5.41) is 5.40. The summed E-state index contributed by atoms with van der Waals surface area (Å²) >= 11 is 3.38.